The zero-order valence-corrected chi connectivity index (χ0v) is 15.8. The van der Waals surface area contributed by atoms with Gasteiger partial charge in [0.15, 0.2) is 5.58 Å². The molecular formula is C22H16ClNO4. The minimum atomic E-state index is -0.473. The van der Waals surface area contributed by atoms with Crippen LogP contribution in [-0.4, -0.2) is 18.2 Å². The van der Waals surface area contributed by atoms with E-state index in [1.807, 2.05) is 30.3 Å². The van der Waals surface area contributed by atoms with E-state index in [0.717, 1.165) is 16.6 Å². The van der Waals surface area contributed by atoms with Gasteiger partial charge >= 0.3 is 5.97 Å². The zero-order valence-electron chi connectivity index (χ0n) is 15.0. The van der Waals surface area contributed by atoms with Crippen molar-refractivity contribution < 1.29 is 18.8 Å². The number of fused-ring (bicyclic) bond motifs is 1. The van der Waals surface area contributed by atoms with Gasteiger partial charge in [0.1, 0.15) is 11.5 Å². The highest BCUT2D eigenvalue weighted by Gasteiger charge is 2.13. The smallest absolute Gasteiger partial charge is 0.343 e. The quantitative estimate of drug-likeness (QED) is 0.340. The lowest BCUT2D eigenvalue weighted by Gasteiger charge is -2.06. The first kappa shape index (κ1) is 18.1. The fraction of sp³-hybridized carbons (Fsp3) is 0.0909. The summed E-state index contributed by atoms with van der Waals surface area (Å²) in [6.07, 6.45) is 0.618. The van der Waals surface area contributed by atoms with Crippen LogP contribution in [0, 0.1) is 0 Å². The summed E-state index contributed by atoms with van der Waals surface area (Å²) in [5.41, 5.74) is 2.84. The minimum Gasteiger partial charge on any atom is -0.497 e. The Hall–Kier alpha value is -3.31. The first-order valence-electron chi connectivity index (χ1n) is 8.61. The molecule has 0 spiro atoms. The van der Waals surface area contributed by atoms with E-state index >= 15 is 0 Å². The normalized spacial score (nSPS) is 10.8. The lowest BCUT2D eigenvalue weighted by Crippen LogP contribution is -2.08. The number of hydrogen-bond donors (Lipinski definition) is 0. The van der Waals surface area contributed by atoms with Crippen molar-refractivity contribution in [3.05, 3.63) is 88.6 Å². The van der Waals surface area contributed by atoms with Gasteiger partial charge in [-0.25, -0.2) is 4.79 Å². The largest absolute Gasteiger partial charge is 0.497 e. The SMILES string of the molecule is COc1cccc(C(=O)Oc2ccc3c(Cc4ccc(Cl)cc4)noc3c2)c1. The van der Waals surface area contributed by atoms with Crippen LogP contribution in [0.1, 0.15) is 21.6 Å². The number of hydrogen-bond acceptors (Lipinski definition) is 5. The third-order valence-electron chi connectivity index (χ3n) is 4.32. The van der Waals surface area contributed by atoms with Gasteiger partial charge in [-0.05, 0) is 48.0 Å². The van der Waals surface area contributed by atoms with Crippen molar-refractivity contribution in [3.63, 3.8) is 0 Å². The summed E-state index contributed by atoms with van der Waals surface area (Å²) in [6, 6.07) is 19.6. The first-order chi connectivity index (χ1) is 13.6. The second-order valence-corrected chi connectivity index (χ2v) is 6.65. The van der Waals surface area contributed by atoms with Gasteiger partial charge in [0, 0.05) is 22.9 Å². The van der Waals surface area contributed by atoms with Gasteiger partial charge < -0.3 is 14.0 Å². The van der Waals surface area contributed by atoms with E-state index in [9.17, 15) is 4.79 Å². The molecule has 28 heavy (non-hydrogen) atoms. The Bertz CT molecular complexity index is 1130. The molecule has 0 aliphatic carbocycles. The lowest BCUT2D eigenvalue weighted by atomic mass is 10.1. The van der Waals surface area contributed by atoms with Gasteiger partial charge in [0.25, 0.3) is 0 Å². The molecule has 0 aliphatic rings. The molecule has 0 fully saturated rings. The standard InChI is InChI=1S/C22H16ClNO4/c1-26-17-4-2-3-15(12-17)22(25)27-18-9-10-19-20(24-28-21(19)13-18)11-14-5-7-16(23)8-6-14/h2-10,12-13H,11H2,1H3. The summed E-state index contributed by atoms with van der Waals surface area (Å²) in [6.45, 7) is 0. The Kier molecular flexibility index (Phi) is 5.00. The number of rotatable bonds is 5. The Morgan fingerprint density at radius 2 is 1.86 bits per heavy atom. The molecule has 0 bridgehead atoms. The highest BCUT2D eigenvalue weighted by Crippen LogP contribution is 2.26. The maximum atomic E-state index is 12.4. The molecular weight excluding hydrogens is 378 g/mol. The van der Waals surface area contributed by atoms with Crippen molar-refractivity contribution in [2.75, 3.05) is 7.11 Å². The molecule has 5 nitrogen and oxygen atoms in total. The van der Waals surface area contributed by atoms with Crippen LogP contribution in [0.2, 0.25) is 5.02 Å². The van der Waals surface area contributed by atoms with Gasteiger partial charge in [0.05, 0.1) is 18.4 Å². The molecule has 4 rings (SSSR count). The molecule has 1 heterocycles. The molecule has 0 saturated carbocycles. The van der Waals surface area contributed by atoms with Crippen LogP contribution in [0.15, 0.2) is 71.3 Å². The molecule has 3 aromatic carbocycles. The highest BCUT2D eigenvalue weighted by atomic mass is 35.5. The van der Waals surface area contributed by atoms with E-state index in [0.29, 0.717) is 34.1 Å². The van der Waals surface area contributed by atoms with Crippen molar-refractivity contribution >= 4 is 28.5 Å². The molecule has 0 radical (unpaired) electrons. The van der Waals surface area contributed by atoms with Crippen LogP contribution >= 0.6 is 11.6 Å². The van der Waals surface area contributed by atoms with Gasteiger partial charge in [-0.1, -0.05) is 35.0 Å². The molecule has 140 valence electrons. The van der Waals surface area contributed by atoms with Crippen molar-refractivity contribution in [2.45, 2.75) is 6.42 Å². The fourth-order valence-corrected chi connectivity index (χ4v) is 3.00. The van der Waals surface area contributed by atoms with E-state index in [1.165, 1.54) is 0 Å². The van der Waals surface area contributed by atoms with Crippen LogP contribution in [0.5, 0.6) is 11.5 Å². The number of carbonyl (C=O) groups excluding carboxylic acids is 1. The van der Waals surface area contributed by atoms with Crippen LogP contribution in [-0.2, 0) is 6.42 Å². The highest BCUT2D eigenvalue weighted by molar-refractivity contribution is 6.30. The van der Waals surface area contributed by atoms with Gasteiger partial charge in [-0.15, -0.1) is 0 Å². The second-order valence-electron chi connectivity index (χ2n) is 6.21. The van der Waals surface area contributed by atoms with Crippen LogP contribution < -0.4 is 9.47 Å². The lowest BCUT2D eigenvalue weighted by molar-refractivity contribution is 0.0734. The van der Waals surface area contributed by atoms with Gasteiger partial charge in [0.2, 0.25) is 0 Å². The van der Waals surface area contributed by atoms with Gasteiger partial charge in [-0.3, -0.25) is 0 Å². The second kappa shape index (κ2) is 7.74. The number of nitrogens with zero attached hydrogens (tertiary/aromatic N) is 1. The number of ether oxygens (including phenoxy) is 2. The molecule has 0 N–H and O–H groups in total. The first-order valence-corrected chi connectivity index (χ1v) is 8.99. The summed E-state index contributed by atoms with van der Waals surface area (Å²) >= 11 is 5.93. The van der Waals surface area contributed by atoms with Crippen molar-refractivity contribution in [2.24, 2.45) is 0 Å². The van der Waals surface area contributed by atoms with Gasteiger partial charge in [-0.2, -0.15) is 0 Å². The number of esters is 1. The Morgan fingerprint density at radius 3 is 2.64 bits per heavy atom. The molecule has 0 atom stereocenters. The number of benzene rings is 3. The third kappa shape index (κ3) is 3.85. The van der Waals surface area contributed by atoms with E-state index < -0.39 is 5.97 Å². The summed E-state index contributed by atoms with van der Waals surface area (Å²) in [5.74, 6) is 0.501. The fourth-order valence-electron chi connectivity index (χ4n) is 2.87. The Balaban J connectivity index is 1.53. The Morgan fingerprint density at radius 1 is 1.04 bits per heavy atom. The van der Waals surface area contributed by atoms with E-state index in [4.69, 9.17) is 25.6 Å². The summed E-state index contributed by atoms with van der Waals surface area (Å²) in [4.78, 5) is 12.4. The summed E-state index contributed by atoms with van der Waals surface area (Å²) < 4.78 is 16.0. The van der Waals surface area contributed by atoms with Crippen molar-refractivity contribution in [3.8, 4) is 11.5 Å². The van der Waals surface area contributed by atoms with E-state index in [-0.39, 0.29) is 0 Å². The molecule has 0 aliphatic heterocycles. The van der Waals surface area contributed by atoms with E-state index in [1.54, 1.807) is 43.5 Å². The predicted molar refractivity (Wildman–Crippen MR) is 106 cm³/mol. The number of halogens is 1. The maximum Gasteiger partial charge on any atom is 0.343 e. The van der Waals surface area contributed by atoms with Crippen LogP contribution in [0.25, 0.3) is 11.0 Å². The molecule has 0 amide bonds. The Labute approximate surface area is 166 Å². The number of aromatic nitrogens is 1. The minimum absolute atomic E-state index is 0.384. The topological polar surface area (TPSA) is 61.6 Å². The van der Waals surface area contributed by atoms with Crippen LogP contribution in [0.4, 0.5) is 0 Å². The average Bonchev–Trinajstić information content (AvgIpc) is 3.11. The van der Waals surface area contributed by atoms with E-state index in [2.05, 4.69) is 5.16 Å². The zero-order chi connectivity index (χ0) is 19.5. The number of methoxy groups -OCH3 is 1. The molecule has 0 saturated heterocycles. The summed E-state index contributed by atoms with van der Waals surface area (Å²) in [5, 5.41) is 5.71. The average molecular weight is 394 g/mol. The van der Waals surface area contributed by atoms with Crippen LogP contribution in [0.3, 0.4) is 0 Å². The molecule has 4 aromatic rings. The van der Waals surface area contributed by atoms with Crippen molar-refractivity contribution in [1.29, 1.82) is 0 Å². The summed E-state index contributed by atoms with van der Waals surface area (Å²) in [7, 11) is 1.55. The maximum absolute atomic E-state index is 12.4. The molecule has 0 unspecified atom stereocenters. The number of carbonyl (C=O) groups is 1. The molecule has 6 heteroatoms. The molecule has 1 aromatic heterocycles. The monoisotopic (exact) mass is 393 g/mol. The third-order valence-corrected chi connectivity index (χ3v) is 4.57. The predicted octanol–water partition coefficient (Wildman–Crippen LogP) is 5.30. The van der Waals surface area contributed by atoms with Crippen molar-refractivity contribution in [1.82, 2.24) is 5.16 Å².